The van der Waals surface area contributed by atoms with Crippen LogP contribution in [0.15, 0.2) is 84.9 Å². The van der Waals surface area contributed by atoms with E-state index in [1.165, 1.54) is 21.5 Å². The molecule has 136 valence electrons. The van der Waals surface area contributed by atoms with E-state index < -0.39 is 0 Å². The minimum Gasteiger partial charge on any atom is -0.168 e. The number of halogens is 1. The molecule has 0 amide bonds. The minimum atomic E-state index is 0. The van der Waals surface area contributed by atoms with E-state index in [-0.39, 0.29) is 24.4 Å². The molecule has 0 aromatic heterocycles. The zero-order valence-corrected chi connectivity index (χ0v) is 19.9. The summed E-state index contributed by atoms with van der Waals surface area (Å²) in [6.45, 7) is 6.55. The first-order valence-corrected chi connectivity index (χ1v) is 14.6. The molecular weight excluding hydrogens is 435 g/mol. The third kappa shape index (κ3) is 10.2. The van der Waals surface area contributed by atoms with Gasteiger partial charge in [0.05, 0.1) is 0 Å². The summed E-state index contributed by atoms with van der Waals surface area (Å²) in [5.74, 6) is 0. The maximum absolute atomic E-state index is 7.57. The van der Waals surface area contributed by atoms with Gasteiger partial charge in [0.15, 0.2) is 0 Å². The summed E-state index contributed by atoms with van der Waals surface area (Å²) in [5.41, 5.74) is 0.210. The molecule has 0 aliphatic carbocycles. The Morgan fingerprint density at radius 2 is 1.12 bits per heavy atom. The van der Waals surface area contributed by atoms with Crippen LogP contribution in [0, 0.1) is 0 Å². The van der Waals surface area contributed by atoms with Crippen LogP contribution in [0.25, 0.3) is 21.5 Å². The van der Waals surface area contributed by atoms with Gasteiger partial charge in [0.1, 0.15) is 0 Å². The van der Waals surface area contributed by atoms with Gasteiger partial charge in [-0.15, -0.1) is 71.7 Å². The maximum Gasteiger partial charge on any atom is -0.0809 e. The summed E-state index contributed by atoms with van der Waals surface area (Å²) < 4.78 is 0. The molecule has 1 N–H and O–H groups in total. The number of hydrogen-bond acceptors (Lipinski definition) is 1. The smallest absolute Gasteiger partial charge is 0.0809 e. The van der Waals surface area contributed by atoms with Crippen molar-refractivity contribution in [3.05, 3.63) is 84.9 Å². The largest absolute Gasteiger partial charge is 0.168 e. The molecule has 4 aromatic carbocycles. The van der Waals surface area contributed by atoms with Gasteiger partial charge in [-0.2, -0.15) is 35.0 Å². The van der Waals surface area contributed by atoms with Gasteiger partial charge in [-0.1, -0.05) is 12.1 Å². The normalized spacial score (nSPS) is 8.85. The van der Waals surface area contributed by atoms with E-state index in [1.807, 2.05) is 0 Å². The summed E-state index contributed by atoms with van der Waals surface area (Å²) in [6.07, 6.45) is 0. The molecule has 0 atom stereocenters. The first-order valence-electron chi connectivity index (χ1n) is 8.42. The van der Waals surface area contributed by atoms with Gasteiger partial charge >= 0.3 is 41.9 Å². The van der Waals surface area contributed by atoms with Crippen molar-refractivity contribution in [2.24, 2.45) is 0 Å². The van der Waals surface area contributed by atoms with Gasteiger partial charge in [0.25, 0.3) is 0 Å². The Morgan fingerprint density at radius 1 is 0.808 bits per heavy atom. The molecule has 4 heteroatoms. The Morgan fingerprint density at radius 3 is 1.42 bits per heavy atom. The van der Waals surface area contributed by atoms with E-state index in [0.717, 1.165) is 0 Å². The number of rotatable bonds is 0. The molecule has 0 saturated heterocycles. The molecule has 0 heterocycles. The maximum atomic E-state index is 7.57. The fraction of sp³-hybridized carbons (Fsp3) is 0.182. The summed E-state index contributed by atoms with van der Waals surface area (Å²) in [6, 6.07) is 29.3. The number of aliphatic hydroxyl groups is 1. The monoisotopic (exact) mass is 460 g/mol. The van der Waals surface area contributed by atoms with Crippen LogP contribution in [-0.4, -0.2) is 17.1 Å². The van der Waals surface area contributed by atoms with E-state index in [9.17, 15) is 0 Å². The van der Waals surface area contributed by atoms with E-state index in [0.29, 0.717) is 0 Å². The quantitative estimate of drug-likeness (QED) is 0.240. The number of hydrogen-bond donors (Lipinski definition) is 1. The van der Waals surface area contributed by atoms with Crippen molar-refractivity contribution in [3.8, 4) is 0 Å². The van der Waals surface area contributed by atoms with E-state index >= 15 is 0 Å². The molecular formula is C22H27ClOSiZr. The van der Waals surface area contributed by atoms with Crippen LogP contribution < -0.4 is 0 Å². The van der Waals surface area contributed by atoms with Gasteiger partial charge in [0, 0.05) is 6.61 Å². The molecule has 1 nitrogen and oxygen atoms in total. The molecule has 0 bridgehead atoms. The van der Waals surface area contributed by atoms with Crippen LogP contribution in [0.5, 0.6) is 0 Å². The van der Waals surface area contributed by atoms with Crippen molar-refractivity contribution in [2.45, 2.75) is 20.0 Å². The van der Waals surface area contributed by atoms with Crippen molar-refractivity contribution in [1.29, 1.82) is 0 Å². The van der Waals surface area contributed by atoms with Crippen molar-refractivity contribution >= 4 is 39.4 Å². The molecule has 4 rings (SSSR count). The molecule has 26 heavy (non-hydrogen) atoms. The summed E-state index contributed by atoms with van der Waals surface area (Å²) in [7, 11) is 0. The van der Waals surface area contributed by atoms with Crippen LogP contribution >= 0.6 is 12.4 Å². The zero-order chi connectivity index (χ0) is 18.5. The molecule has 0 radical (unpaired) electrons. The van der Waals surface area contributed by atoms with Crippen LogP contribution in [0.4, 0.5) is 0 Å². The molecule has 0 spiro atoms. The first kappa shape index (κ1) is 25.0. The molecule has 4 aromatic rings. The topological polar surface area (TPSA) is 20.2 Å². The van der Waals surface area contributed by atoms with E-state index in [4.69, 9.17) is 5.11 Å². The Labute approximate surface area is 178 Å². The number of benzene rings is 2. The summed E-state index contributed by atoms with van der Waals surface area (Å²) >= 11 is 1.74. The van der Waals surface area contributed by atoms with Gasteiger partial charge in [0.2, 0.25) is 0 Å². The fourth-order valence-electron chi connectivity index (χ4n) is 2.14. The van der Waals surface area contributed by atoms with Crippen LogP contribution in [0.1, 0.15) is 6.92 Å². The van der Waals surface area contributed by atoms with Crippen molar-refractivity contribution in [2.75, 3.05) is 6.61 Å². The second-order valence-corrected chi connectivity index (χ2v) is 15.0. The minimum absolute atomic E-state index is 0. The second kappa shape index (κ2) is 15.1. The Balaban J connectivity index is 0.000000350. The molecule has 0 fully saturated rings. The van der Waals surface area contributed by atoms with Gasteiger partial charge in [-0.05, 0) is 6.92 Å². The molecule has 0 saturated carbocycles. The first-order chi connectivity index (χ1) is 12.1. The fourth-order valence-corrected chi connectivity index (χ4v) is 2.14. The molecule has 0 aliphatic heterocycles. The molecule has 0 unspecified atom stereocenters. The summed E-state index contributed by atoms with van der Waals surface area (Å²) in [4.78, 5) is 0. The Bertz CT molecular complexity index is 736. The average molecular weight is 462 g/mol. The predicted molar refractivity (Wildman–Crippen MR) is 117 cm³/mol. The van der Waals surface area contributed by atoms with Gasteiger partial charge in [-0.3, -0.25) is 0 Å². The van der Waals surface area contributed by atoms with Crippen LogP contribution in [-0.2, 0) is 23.3 Å². The van der Waals surface area contributed by atoms with Gasteiger partial charge < -0.3 is 5.11 Å². The third-order valence-electron chi connectivity index (χ3n) is 3.10. The predicted octanol–water partition coefficient (Wildman–Crippen LogP) is 6.32. The number of aliphatic hydroxyl groups excluding tert-OH is 1. The average Bonchev–Trinajstić information content (AvgIpc) is 3.24. The Kier molecular flexibility index (Phi) is 14.5. The van der Waals surface area contributed by atoms with Crippen molar-refractivity contribution in [3.63, 3.8) is 0 Å². The van der Waals surface area contributed by atoms with Crippen LogP contribution in [0.3, 0.4) is 0 Å². The van der Waals surface area contributed by atoms with Crippen LogP contribution in [0.2, 0.25) is 13.1 Å². The van der Waals surface area contributed by atoms with E-state index in [2.05, 4.69) is 98.0 Å². The zero-order valence-electron chi connectivity index (χ0n) is 15.6. The summed E-state index contributed by atoms with van der Waals surface area (Å²) in [5, 5.41) is 12.9. The molecule has 0 aliphatic rings. The SMILES string of the molecule is CCO.C[Si](C)=[Zr+2].Cl.c1ccc2[cH-]ccc2c1.c1ccc2[cH-]ccc2c1. The van der Waals surface area contributed by atoms with Crippen molar-refractivity contribution < 1.29 is 28.4 Å². The Hall–Kier alpha value is -0.990. The van der Waals surface area contributed by atoms with Gasteiger partial charge in [-0.25, -0.2) is 0 Å². The standard InChI is InChI=1S/2C9H7.C2H6O.C2H6Si.ClH.Zr/c2*1-2-5-9-7-3-6-8(9)4-1;1-2-3;1-3-2;;/h2*1-7H;3H,2H2,1H3;1-2H3;1H;/q2*-1;;;;+2. The number of fused-ring (bicyclic) bond motifs is 2. The van der Waals surface area contributed by atoms with Crippen molar-refractivity contribution in [1.82, 2.24) is 0 Å². The second-order valence-electron chi connectivity index (χ2n) is 5.63. The third-order valence-corrected chi connectivity index (χ3v) is 3.10. The van der Waals surface area contributed by atoms with E-state index in [1.54, 1.807) is 30.3 Å².